The summed E-state index contributed by atoms with van der Waals surface area (Å²) in [5.74, 6) is 2.69. The third kappa shape index (κ3) is 2.82. The highest BCUT2D eigenvalue weighted by molar-refractivity contribution is 5.42. The Hall–Kier alpha value is -2.56. The van der Waals surface area contributed by atoms with E-state index in [9.17, 15) is 13.2 Å². The van der Waals surface area contributed by atoms with Crippen LogP contribution in [0.15, 0.2) is 28.9 Å². The molecule has 2 aromatic heterocycles. The van der Waals surface area contributed by atoms with Crippen molar-refractivity contribution >= 4 is 5.82 Å². The maximum atomic E-state index is 13.8. The minimum Gasteiger partial charge on any atom is -0.355 e. The molecule has 1 unspecified atom stereocenters. The van der Waals surface area contributed by atoms with Crippen LogP contribution < -0.4 is 4.90 Å². The molecule has 3 rings (SSSR count). The van der Waals surface area contributed by atoms with E-state index in [1.165, 1.54) is 0 Å². The zero-order chi connectivity index (χ0) is 17.2. The normalized spacial score (nSPS) is 21.0. The Kier molecular flexibility index (Phi) is 4.18. The molecule has 0 N–H and O–H groups in total. The maximum Gasteiger partial charge on any atom is 0.405 e. The van der Waals surface area contributed by atoms with Crippen LogP contribution in [0.2, 0.25) is 0 Å². The van der Waals surface area contributed by atoms with Gasteiger partial charge in [0, 0.05) is 32.1 Å². The van der Waals surface area contributed by atoms with Gasteiger partial charge in [-0.15, -0.1) is 12.3 Å². The predicted octanol–water partition coefficient (Wildman–Crippen LogP) is 2.74. The molecule has 0 radical (unpaired) electrons. The Bertz CT molecular complexity index is 738. The largest absolute Gasteiger partial charge is 0.405 e. The minimum atomic E-state index is -4.51. The molecule has 1 atom stereocenters. The summed E-state index contributed by atoms with van der Waals surface area (Å²) in [6.07, 6.45) is 2.67. The predicted molar refractivity (Wildman–Crippen MR) is 80.3 cm³/mol. The van der Waals surface area contributed by atoms with E-state index in [1.807, 2.05) is 0 Å². The first-order valence-corrected chi connectivity index (χ1v) is 7.45. The molecule has 0 spiro atoms. The van der Waals surface area contributed by atoms with Crippen LogP contribution in [-0.2, 0) is 11.8 Å². The van der Waals surface area contributed by atoms with Gasteiger partial charge in [0.15, 0.2) is 11.2 Å². The lowest BCUT2D eigenvalue weighted by molar-refractivity contribution is -0.191. The zero-order valence-corrected chi connectivity index (χ0v) is 12.8. The summed E-state index contributed by atoms with van der Waals surface area (Å²) < 4.78 is 46.5. The van der Waals surface area contributed by atoms with Crippen LogP contribution in [0.25, 0.3) is 0 Å². The average molecular weight is 336 g/mol. The van der Waals surface area contributed by atoms with E-state index in [1.54, 1.807) is 29.3 Å². The monoisotopic (exact) mass is 336 g/mol. The third-order valence-corrected chi connectivity index (χ3v) is 4.16. The van der Waals surface area contributed by atoms with Crippen molar-refractivity contribution in [3.05, 3.63) is 36.1 Å². The highest BCUT2D eigenvalue weighted by Crippen LogP contribution is 2.47. The van der Waals surface area contributed by atoms with Crippen molar-refractivity contribution in [2.24, 2.45) is 0 Å². The van der Waals surface area contributed by atoms with Crippen molar-refractivity contribution in [3.63, 3.8) is 0 Å². The second-order valence-corrected chi connectivity index (χ2v) is 5.66. The van der Waals surface area contributed by atoms with E-state index in [2.05, 4.69) is 21.0 Å². The standard InChI is InChI=1S/C16H15F3N4O/c1-2-3-6-12-21-14(24-22-12)15(16(17,18)19)8-10-23(11-15)13-7-4-5-9-20-13/h1,4-5,7,9H,3,6,8,10-11H2. The summed E-state index contributed by atoms with van der Waals surface area (Å²) in [7, 11) is 0. The first-order chi connectivity index (χ1) is 11.5. The number of rotatable bonds is 4. The fraction of sp³-hybridized carbons (Fsp3) is 0.438. The minimum absolute atomic E-state index is 0.163. The summed E-state index contributed by atoms with van der Waals surface area (Å²) in [6, 6.07) is 5.13. The SMILES string of the molecule is C#CCCc1noc(C2(C(F)(F)F)CCN(c3ccccn3)C2)n1. The van der Waals surface area contributed by atoms with Gasteiger partial charge in [0.25, 0.3) is 0 Å². The number of nitrogens with zero attached hydrogens (tertiary/aromatic N) is 4. The van der Waals surface area contributed by atoms with E-state index >= 15 is 0 Å². The molecule has 126 valence electrons. The van der Waals surface area contributed by atoms with Gasteiger partial charge in [0.05, 0.1) is 0 Å². The summed E-state index contributed by atoms with van der Waals surface area (Å²) in [5, 5.41) is 3.64. The Balaban J connectivity index is 1.90. The van der Waals surface area contributed by atoms with Crippen LogP contribution in [-0.4, -0.2) is 34.4 Å². The fourth-order valence-electron chi connectivity index (χ4n) is 2.81. The van der Waals surface area contributed by atoms with Gasteiger partial charge in [0.2, 0.25) is 5.89 Å². The smallest absolute Gasteiger partial charge is 0.355 e. The third-order valence-electron chi connectivity index (χ3n) is 4.16. The van der Waals surface area contributed by atoms with Gasteiger partial charge in [-0.3, -0.25) is 0 Å². The summed E-state index contributed by atoms with van der Waals surface area (Å²) >= 11 is 0. The van der Waals surface area contributed by atoms with Crippen molar-refractivity contribution in [1.29, 1.82) is 0 Å². The van der Waals surface area contributed by atoms with Gasteiger partial charge < -0.3 is 9.42 Å². The Morgan fingerprint density at radius 1 is 1.38 bits per heavy atom. The molecule has 0 bridgehead atoms. The number of hydrogen-bond acceptors (Lipinski definition) is 5. The number of aromatic nitrogens is 3. The molecular formula is C16H15F3N4O. The second-order valence-electron chi connectivity index (χ2n) is 5.66. The van der Waals surface area contributed by atoms with E-state index < -0.39 is 17.5 Å². The first-order valence-electron chi connectivity index (χ1n) is 7.45. The summed E-state index contributed by atoms with van der Waals surface area (Å²) in [6.45, 7) is -0.0944. The van der Waals surface area contributed by atoms with E-state index in [4.69, 9.17) is 10.9 Å². The molecule has 8 heteroatoms. The Labute approximate surface area is 136 Å². The van der Waals surface area contributed by atoms with Crippen molar-refractivity contribution in [3.8, 4) is 12.3 Å². The first kappa shape index (κ1) is 16.3. The highest BCUT2D eigenvalue weighted by atomic mass is 19.4. The molecule has 1 fully saturated rings. The Morgan fingerprint density at radius 2 is 2.21 bits per heavy atom. The fourth-order valence-corrected chi connectivity index (χ4v) is 2.81. The summed E-state index contributed by atoms with van der Waals surface area (Å²) in [4.78, 5) is 9.66. The van der Waals surface area contributed by atoms with Crippen molar-refractivity contribution in [2.45, 2.75) is 30.9 Å². The second kappa shape index (κ2) is 6.15. The lowest BCUT2D eigenvalue weighted by atomic mass is 9.86. The topological polar surface area (TPSA) is 55.1 Å². The number of hydrogen-bond donors (Lipinski definition) is 0. The van der Waals surface area contributed by atoms with E-state index in [0.717, 1.165) is 0 Å². The molecule has 24 heavy (non-hydrogen) atoms. The van der Waals surface area contributed by atoms with E-state index in [-0.39, 0.29) is 31.8 Å². The van der Waals surface area contributed by atoms with Crippen LogP contribution in [0.5, 0.6) is 0 Å². The number of terminal acetylenes is 1. The van der Waals surface area contributed by atoms with Gasteiger partial charge in [-0.1, -0.05) is 11.2 Å². The molecule has 1 aliphatic rings. The molecule has 1 aliphatic heterocycles. The van der Waals surface area contributed by atoms with Crippen molar-refractivity contribution < 1.29 is 17.7 Å². The van der Waals surface area contributed by atoms with Gasteiger partial charge in [-0.05, 0) is 18.6 Å². The molecule has 0 saturated carbocycles. The number of halogens is 3. The molecule has 0 aliphatic carbocycles. The van der Waals surface area contributed by atoms with Gasteiger partial charge in [-0.25, -0.2) is 4.98 Å². The molecule has 1 saturated heterocycles. The summed E-state index contributed by atoms with van der Waals surface area (Å²) in [5.41, 5.74) is -2.19. The number of pyridine rings is 1. The zero-order valence-electron chi connectivity index (χ0n) is 12.8. The maximum absolute atomic E-state index is 13.8. The lowest BCUT2D eigenvalue weighted by Gasteiger charge is -2.28. The molecule has 5 nitrogen and oxygen atoms in total. The molecule has 0 aromatic carbocycles. The molecule has 0 amide bonds. The van der Waals surface area contributed by atoms with Crippen molar-refractivity contribution in [1.82, 2.24) is 15.1 Å². The van der Waals surface area contributed by atoms with E-state index in [0.29, 0.717) is 12.2 Å². The Morgan fingerprint density at radius 3 is 2.88 bits per heavy atom. The van der Waals surface area contributed by atoms with Crippen LogP contribution in [0, 0.1) is 12.3 Å². The van der Waals surface area contributed by atoms with Gasteiger partial charge in [-0.2, -0.15) is 18.2 Å². The molecular weight excluding hydrogens is 321 g/mol. The number of aryl methyl sites for hydroxylation is 1. The van der Waals surface area contributed by atoms with Crippen LogP contribution in [0.1, 0.15) is 24.6 Å². The molecule has 2 aromatic rings. The van der Waals surface area contributed by atoms with Crippen LogP contribution in [0.3, 0.4) is 0 Å². The number of alkyl halides is 3. The lowest BCUT2D eigenvalue weighted by Crippen LogP contribution is -2.45. The van der Waals surface area contributed by atoms with Crippen molar-refractivity contribution in [2.75, 3.05) is 18.0 Å². The van der Waals surface area contributed by atoms with Gasteiger partial charge >= 0.3 is 6.18 Å². The van der Waals surface area contributed by atoms with Crippen LogP contribution in [0.4, 0.5) is 19.0 Å². The molecule has 3 heterocycles. The average Bonchev–Trinajstić information content (AvgIpc) is 3.21. The quantitative estimate of drug-likeness (QED) is 0.804. The van der Waals surface area contributed by atoms with Gasteiger partial charge in [0.1, 0.15) is 5.82 Å². The van der Waals surface area contributed by atoms with Crippen LogP contribution >= 0.6 is 0 Å². The highest BCUT2D eigenvalue weighted by Gasteiger charge is 2.63. The number of anilines is 1.